The second kappa shape index (κ2) is 15.4. The minimum Gasteiger partial charge on any atom is -0.354 e. The molecule has 0 aliphatic rings. The Hall–Kier alpha value is -3.66. The third kappa shape index (κ3) is 8.94. The van der Waals surface area contributed by atoms with Crippen LogP contribution in [0.2, 0.25) is 5.02 Å². The largest absolute Gasteiger partial charge is 0.354 e. The number of halogens is 2. The van der Waals surface area contributed by atoms with Crippen molar-refractivity contribution in [1.29, 1.82) is 0 Å². The molecule has 0 saturated heterocycles. The number of nitrogens with zero attached hydrogens (tertiary/aromatic N) is 2. The number of carbonyl (C=O) groups is 2. The van der Waals surface area contributed by atoms with Gasteiger partial charge in [-0.25, -0.2) is 8.42 Å². The molecule has 0 aliphatic heterocycles. The normalized spacial score (nSPS) is 12.0. The van der Waals surface area contributed by atoms with Crippen LogP contribution in [0, 0.1) is 5.92 Å². The van der Waals surface area contributed by atoms with Crippen LogP contribution in [0.1, 0.15) is 25.0 Å². The summed E-state index contributed by atoms with van der Waals surface area (Å²) < 4.78 is 29.8. The molecule has 44 heavy (non-hydrogen) atoms. The van der Waals surface area contributed by atoms with Gasteiger partial charge in [0, 0.05) is 29.0 Å². The molecule has 0 radical (unpaired) electrons. The van der Waals surface area contributed by atoms with Gasteiger partial charge in [-0.1, -0.05) is 102 Å². The van der Waals surface area contributed by atoms with E-state index in [1.165, 1.54) is 17.0 Å². The van der Waals surface area contributed by atoms with Crippen molar-refractivity contribution in [2.24, 2.45) is 5.92 Å². The fraction of sp³-hybridized carbons (Fsp3) is 0.235. The molecule has 0 heterocycles. The van der Waals surface area contributed by atoms with Crippen LogP contribution < -0.4 is 9.62 Å². The summed E-state index contributed by atoms with van der Waals surface area (Å²) in [6, 6.07) is 30.3. The fourth-order valence-electron chi connectivity index (χ4n) is 4.66. The summed E-state index contributed by atoms with van der Waals surface area (Å²) in [5.41, 5.74) is 1.89. The molecule has 2 amide bonds. The van der Waals surface area contributed by atoms with Crippen molar-refractivity contribution in [3.63, 3.8) is 0 Å². The Morgan fingerprint density at radius 3 is 2.07 bits per heavy atom. The maximum Gasteiger partial charge on any atom is 0.264 e. The van der Waals surface area contributed by atoms with E-state index < -0.39 is 28.5 Å². The van der Waals surface area contributed by atoms with E-state index >= 15 is 0 Å². The number of rotatable bonds is 13. The number of hydrogen-bond donors (Lipinski definition) is 1. The zero-order valence-electron chi connectivity index (χ0n) is 24.6. The molecule has 0 bridgehead atoms. The molecule has 1 atom stereocenters. The summed E-state index contributed by atoms with van der Waals surface area (Å²) in [7, 11) is -4.15. The molecule has 1 N–H and O–H groups in total. The lowest BCUT2D eigenvalue weighted by atomic mass is 10.0. The van der Waals surface area contributed by atoms with Crippen LogP contribution in [0.4, 0.5) is 5.69 Å². The van der Waals surface area contributed by atoms with E-state index in [2.05, 4.69) is 21.2 Å². The number of amides is 2. The Morgan fingerprint density at radius 2 is 1.45 bits per heavy atom. The Balaban J connectivity index is 1.79. The Morgan fingerprint density at radius 1 is 0.841 bits per heavy atom. The predicted molar refractivity (Wildman–Crippen MR) is 179 cm³/mol. The summed E-state index contributed by atoms with van der Waals surface area (Å²) in [5.74, 6) is -0.663. The van der Waals surface area contributed by atoms with E-state index in [1.807, 2.05) is 50.2 Å². The lowest BCUT2D eigenvalue weighted by Crippen LogP contribution is -2.53. The van der Waals surface area contributed by atoms with Crippen LogP contribution >= 0.6 is 27.5 Å². The van der Waals surface area contributed by atoms with Crippen molar-refractivity contribution in [2.45, 2.75) is 37.8 Å². The molecule has 230 valence electrons. The van der Waals surface area contributed by atoms with E-state index in [0.29, 0.717) is 22.8 Å². The average molecular weight is 697 g/mol. The van der Waals surface area contributed by atoms with Gasteiger partial charge in [0.15, 0.2) is 0 Å². The van der Waals surface area contributed by atoms with Gasteiger partial charge in [-0.3, -0.25) is 13.9 Å². The molecule has 10 heteroatoms. The number of nitrogens with one attached hydrogen (secondary N) is 1. The minimum atomic E-state index is -4.15. The van der Waals surface area contributed by atoms with Gasteiger partial charge in [0.1, 0.15) is 12.6 Å². The molecule has 7 nitrogen and oxygen atoms in total. The van der Waals surface area contributed by atoms with Crippen LogP contribution in [0.25, 0.3) is 0 Å². The lowest BCUT2D eigenvalue weighted by molar-refractivity contribution is -0.140. The van der Waals surface area contributed by atoms with Crippen LogP contribution in [-0.4, -0.2) is 44.3 Å². The number of carbonyl (C=O) groups excluding carboxylic acids is 2. The smallest absolute Gasteiger partial charge is 0.264 e. The lowest BCUT2D eigenvalue weighted by Gasteiger charge is -2.34. The quantitative estimate of drug-likeness (QED) is 0.168. The number of benzene rings is 4. The Labute approximate surface area is 273 Å². The highest BCUT2D eigenvalue weighted by molar-refractivity contribution is 9.10. The third-order valence-electron chi connectivity index (χ3n) is 6.92. The van der Waals surface area contributed by atoms with Crippen LogP contribution in [0.5, 0.6) is 0 Å². The molecule has 0 fully saturated rings. The third-order valence-corrected chi connectivity index (χ3v) is 9.47. The first-order valence-corrected chi connectivity index (χ1v) is 16.8. The van der Waals surface area contributed by atoms with Gasteiger partial charge in [0.25, 0.3) is 10.0 Å². The molecule has 1 unspecified atom stereocenters. The van der Waals surface area contributed by atoms with E-state index in [0.717, 1.165) is 14.3 Å². The van der Waals surface area contributed by atoms with E-state index in [1.54, 1.807) is 60.7 Å². The van der Waals surface area contributed by atoms with Gasteiger partial charge in [-0.05, 0) is 65.6 Å². The molecule has 0 spiro atoms. The van der Waals surface area contributed by atoms with Gasteiger partial charge >= 0.3 is 0 Å². The highest BCUT2D eigenvalue weighted by Crippen LogP contribution is 2.26. The van der Waals surface area contributed by atoms with Crippen molar-refractivity contribution in [3.05, 3.63) is 130 Å². The molecule has 0 aliphatic carbocycles. The first-order valence-electron chi connectivity index (χ1n) is 14.2. The SMILES string of the molecule is CC(C)CNC(=O)C(Cc1ccccc1)N(Cc1cccc(Cl)c1)C(=O)CN(c1ccc(Br)cc1)S(=O)(=O)c1ccccc1. The number of anilines is 1. The van der Waals surface area contributed by atoms with Crippen molar-refractivity contribution in [2.75, 3.05) is 17.4 Å². The monoisotopic (exact) mass is 695 g/mol. The second-order valence-electron chi connectivity index (χ2n) is 10.8. The highest BCUT2D eigenvalue weighted by Gasteiger charge is 2.34. The summed E-state index contributed by atoms with van der Waals surface area (Å²) in [6.07, 6.45) is 0.237. The van der Waals surface area contributed by atoms with Gasteiger partial charge in [-0.2, -0.15) is 0 Å². The Kier molecular flexibility index (Phi) is 11.6. The fourth-order valence-corrected chi connectivity index (χ4v) is 6.58. The molecule has 4 rings (SSSR count). The topological polar surface area (TPSA) is 86.8 Å². The molecule has 0 saturated carbocycles. The zero-order chi connectivity index (χ0) is 31.7. The molecule has 4 aromatic carbocycles. The standard InChI is InChI=1S/C34H35BrClN3O4S/c1-25(2)22-37-34(41)32(21-26-10-5-3-6-11-26)38(23-27-12-9-13-29(36)20-27)33(40)24-39(30-18-16-28(35)17-19-30)44(42,43)31-14-7-4-8-15-31/h3-20,25,32H,21-24H2,1-2H3,(H,37,41). The minimum absolute atomic E-state index is 0.0472. The molecule has 0 aromatic heterocycles. The first kappa shape index (κ1) is 33.2. The van der Waals surface area contributed by atoms with Gasteiger partial charge in [0.05, 0.1) is 10.6 Å². The van der Waals surface area contributed by atoms with Crippen molar-refractivity contribution in [1.82, 2.24) is 10.2 Å². The highest BCUT2D eigenvalue weighted by atomic mass is 79.9. The zero-order valence-corrected chi connectivity index (χ0v) is 27.7. The average Bonchev–Trinajstić information content (AvgIpc) is 3.01. The maximum absolute atomic E-state index is 14.4. The molecular weight excluding hydrogens is 662 g/mol. The summed E-state index contributed by atoms with van der Waals surface area (Å²) in [5, 5.41) is 3.47. The van der Waals surface area contributed by atoms with Crippen molar-refractivity contribution in [3.8, 4) is 0 Å². The summed E-state index contributed by atoms with van der Waals surface area (Å²) >= 11 is 9.69. The van der Waals surface area contributed by atoms with Gasteiger partial charge in [0.2, 0.25) is 11.8 Å². The molecular formula is C34H35BrClN3O4S. The molecule has 4 aromatic rings. The van der Waals surface area contributed by atoms with Crippen LogP contribution in [0.15, 0.2) is 119 Å². The predicted octanol–water partition coefficient (Wildman–Crippen LogP) is 6.71. The van der Waals surface area contributed by atoms with Gasteiger partial charge in [-0.15, -0.1) is 0 Å². The Bertz CT molecular complexity index is 1650. The van der Waals surface area contributed by atoms with Crippen molar-refractivity contribution < 1.29 is 18.0 Å². The second-order valence-corrected chi connectivity index (χ2v) is 14.0. The van der Waals surface area contributed by atoms with Crippen LogP contribution in [-0.2, 0) is 32.6 Å². The van der Waals surface area contributed by atoms with E-state index in [9.17, 15) is 18.0 Å². The van der Waals surface area contributed by atoms with E-state index in [-0.39, 0.29) is 29.7 Å². The van der Waals surface area contributed by atoms with Crippen molar-refractivity contribution >= 4 is 55.1 Å². The number of sulfonamides is 1. The summed E-state index contributed by atoms with van der Waals surface area (Å²) in [4.78, 5) is 29.7. The summed E-state index contributed by atoms with van der Waals surface area (Å²) in [6.45, 7) is 3.93. The van der Waals surface area contributed by atoms with E-state index in [4.69, 9.17) is 11.6 Å². The maximum atomic E-state index is 14.4. The number of hydrogen-bond acceptors (Lipinski definition) is 4. The first-order chi connectivity index (χ1) is 21.0. The van der Waals surface area contributed by atoms with Gasteiger partial charge < -0.3 is 10.2 Å². The van der Waals surface area contributed by atoms with Crippen LogP contribution in [0.3, 0.4) is 0 Å².